The smallest absolute Gasteiger partial charge is 0.342 e. The van der Waals surface area contributed by atoms with E-state index in [9.17, 15) is 4.79 Å². The van der Waals surface area contributed by atoms with Crippen LogP contribution in [-0.4, -0.2) is 29.9 Å². The maximum absolute atomic E-state index is 12.2. The van der Waals surface area contributed by atoms with Crippen LogP contribution in [0.4, 0.5) is 5.82 Å². The Kier molecular flexibility index (Phi) is 4.63. The number of aromatic nitrogens is 1. The lowest BCUT2D eigenvalue weighted by molar-refractivity contribution is 0.00700. The van der Waals surface area contributed by atoms with Crippen molar-refractivity contribution in [1.82, 2.24) is 4.57 Å². The van der Waals surface area contributed by atoms with Gasteiger partial charge in [-0.2, -0.15) is 0 Å². The van der Waals surface area contributed by atoms with Crippen molar-refractivity contribution in [2.75, 3.05) is 19.5 Å². The summed E-state index contributed by atoms with van der Waals surface area (Å²) >= 11 is 0. The quantitative estimate of drug-likeness (QED) is 0.851. The molecule has 1 rings (SSSR count). The molecule has 0 atom stereocenters. The fraction of sp³-hybridized carbons (Fsp3) is 0.643. The molecule has 0 radical (unpaired) electrons. The maximum atomic E-state index is 12.2. The summed E-state index contributed by atoms with van der Waals surface area (Å²) in [6, 6.07) is 0. The highest BCUT2D eigenvalue weighted by atomic mass is 16.6. The van der Waals surface area contributed by atoms with Gasteiger partial charge in [0.1, 0.15) is 17.0 Å². The van der Waals surface area contributed by atoms with Gasteiger partial charge in [-0.15, -0.1) is 0 Å². The molecule has 0 fully saturated rings. The van der Waals surface area contributed by atoms with Crippen molar-refractivity contribution in [1.29, 1.82) is 0 Å². The number of carbonyl (C=O) groups is 1. The van der Waals surface area contributed by atoms with E-state index in [0.29, 0.717) is 24.5 Å². The monoisotopic (exact) mass is 268 g/mol. The predicted molar refractivity (Wildman–Crippen MR) is 75.4 cm³/mol. The van der Waals surface area contributed by atoms with E-state index < -0.39 is 5.60 Å². The van der Waals surface area contributed by atoms with Crippen LogP contribution in [0.3, 0.4) is 0 Å². The number of anilines is 1. The normalized spacial score (nSPS) is 11.7. The average Bonchev–Trinajstić information content (AvgIpc) is 2.46. The maximum Gasteiger partial charge on any atom is 0.342 e. The molecule has 0 saturated heterocycles. The summed E-state index contributed by atoms with van der Waals surface area (Å²) in [6.07, 6.45) is 0. The summed E-state index contributed by atoms with van der Waals surface area (Å²) in [4.78, 5) is 12.2. The summed E-state index contributed by atoms with van der Waals surface area (Å²) in [5.74, 6) is 0.0723. The van der Waals surface area contributed by atoms with Gasteiger partial charge in [-0.25, -0.2) is 4.79 Å². The van der Waals surface area contributed by atoms with Crippen molar-refractivity contribution in [2.24, 2.45) is 0 Å². The highest BCUT2D eigenvalue weighted by molar-refractivity contribution is 5.97. The summed E-state index contributed by atoms with van der Waals surface area (Å²) in [6.45, 7) is 10.5. The van der Waals surface area contributed by atoms with E-state index in [1.165, 1.54) is 0 Å². The highest BCUT2D eigenvalue weighted by Crippen LogP contribution is 2.26. The van der Waals surface area contributed by atoms with Crippen LogP contribution in [0.2, 0.25) is 0 Å². The van der Waals surface area contributed by atoms with Gasteiger partial charge in [0.25, 0.3) is 0 Å². The van der Waals surface area contributed by atoms with Crippen molar-refractivity contribution in [3.05, 3.63) is 16.8 Å². The lowest BCUT2D eigenvalue weighted by Gasteiger charge is -2.19. The first-order chi connectivity index (χ1) is 8.69. The van der Waals surface area contributed by atoms with E-state index in [1.54, 1.807) is 7.11 Å². The molecule has 0 aromatic carbocycles. The molecule has 108 valence electrons. The molecule has 0 unspecified atom stereocenters. The highest BCUT2D eigenvalue weighted by Gasteiger charge is 2.25. The Morgan fingerprint density at radius 1 is 1.32 bits per heavy atom. The zero-order valence-electron chi connectivity index (χ0n) is 12.7. The van der Waals surface area contributed by atoms with Gasteiger partial charge in [-0.05, 0) is 40.2 Å². The molecule has 0 aliphatic rings. The van der Waals surface area contributed by atoms with Crippen LogP contribution in [0.1, 0.15) is 42.4 Å². The van der Waals surface area contributed by atoms with Gasteiger partial charge in [0, 0.05) is 19.3 Å². The van der Waals surface area contributed by atoms with Crippen LogP contribution in [-0.2, 0) is 16.0 Å². The van der Waals surface area contributed by atoms with Crippen LogP contribution in [0, 0.1) is 13.8 Å². The largest absolute Gasteiger partial charge is 0.456 e. The third kappa shape index (κ3) is 3.50. The first-order valence-corrected chi connectivity index (χ1v) is 6.36. The number of esters is 1. The lowest BCUT2D eigenvalue weighted by Crippen LogP contribution is -2.24. The number of carbonyl (C=O) groups excluding carboxylic acids is 1. The van der Waals surface area contributed by atoms with Gasteiger partial charge in [-0.3, -0.25) is 0 Å². The van der Waals surface area contributed by atoms with Crippen LogP contribution >= 0.6 is 0 Å². The molecule has 0 aliphatic carbocycles. The van der Waals surface area contributed by atoms with E-state index in [-0.39, 0.29) is 5.97 Å². The Labute approximate surface area is 114 Å². The Balaban J connectivity index is 3.12. The van der Waals surface area contributed by atoms with E-state index in [2.05, 4.69) is 0 Å². The second-order valence-electron chi connectivity index (χ2n) is 5.62. The Morgan fingerprint density at radius 2 is 1.89 bits per heavy atom. The third-order valence-corrected chi connectivity index (χ3v) is 2.99. The van der Waals surface area contributed by atoms with Crippen LogP contribution in [0.5, 0.6) is 0 Å². The predicted octanol–water partition coefficient (Wildman–Crippen LogP) is 2.29. The summed E-state index contributed by atoms with van der Waals surface area (Å²) in [5, 5.41) is 0. The Hall–Kier alpha value is -1.49. The number of hydrogen-bond donors (Lipinski definition) is 1. The molecule has 0 bridgehead atoms. The standard InChI is InChI=1S/C14H24N2O3/c1-9-10(2)16(7-8-18-6)12(15)11(9)13(17)19-14(3,4)5/h7-8,15H2,1-6H3. The van der Waals surface area contributed by atoms with Crippen molar-refractivity contribution in [3.8, 4) is 0 Å². The topological polar surface area (TPSA) is 66.5 Å². The van der Waals surface area contributed by atoms with Gasteiger partial charge < -0.3 is 19.8 Å². The summed E-state index contributed by atoms with van der Waals surface area (Å²) < 4.78 is 12.3. The fourth-order valence-corrected chi connectivity index (χ4v) is 1.95. The van der Waals surface area contributed by atoms with E-state index in [1.807, 2.05) is 39.2 Å². The van der Waals surface area contributed by atoms with Crippen molar-refractivity contribution in [3.63, 3.8) is 0 Å². The first-order valence-electron chi connectivity index (χ1n) is 6.36. The molecule has 0 spiro atoms. The number of hydrogen-bond acceptors (Lipinski definition) is 4. The molecule has 2 N–H and O–H groups in total. The second-order valence-corrected chi connectivity index (χ2v) is 5.62. The fourth-order valence-electron chi connectivity index (χ4n) is 1.95. The van der Waals surface area contributed by atoms with Crippen LogP contribution in [0.25, 0.3) is 0 Å². The molecule has 5 nitrogen and oxygen atoms in total. The van der Waals surface area contributed by atoms with E-state index in [4.69, 9.17) is 15.2 Å². The molecule has 19 heavy (non-hydrogen) atoms. The average molecular weight is 268 g/mol. The molecule has 1 aromatic rings. The molecule has 1 heterocycles. The minimum absolute atomic E-state index is 0.373. The van der Waals surface area contributed by atoms with Crippen LogP contribution in [0.15, 0.2) is 0 Å². The third-order valence-electron chi connectivity index (χ3n) is 2.99. The minimum Gasteiger partial charge on any atom is -0.456 e. The van der Waals surface area contributed by atoms with Crippen molar-refractivity contribution in [2.45, 2.75) is 46.8 Å². The molecular formula is C14H24N2O3. The molecule has 1 aromatic heterocycles. The first kappa shape index (κ1) is 15.6. The van der Waals surface area contributed by atoms with E-state index in [0.717, 1.165) is 11.3 Å². The molecule has 0 amide bonds. The zero-order chi connectivity index (χ0) is 14.8. The van der Waals surface area contributed by atoms with E-state index >= 15 is 0 Å². The molecule has 0 aliphatic heterocycles. The van der Waals surface area contributed by atoms with Crippen molar-refractivity contribution < 1.29 is 14.3 Å². The number of ether oxygens (including phenoxy) is 2. The molecule has 5 heteroatoms. The number of nitrogen functional groups attached to an aromatic ring is 1. The Morgan fingerprint density at radius 3 is 2.37 bits per heavy atom. The van der Waals surface area contributed by atoms with Crippen LogP contribution < -0.4 is 5.73 Å². The van der Waals surface area contributed by atoms with Gasteiger partial charge in [0.2, 0.25) is 0 Å². The molecular weight excluding hydrogens is 244 g/mol. The SMILES string of the molecule is COCCn1c(C)c(C)c(C(=O)OC(C)(C)C)c1N. The van der Waals surface area contributed by atoms with Gasteiger partial charge in [-0.1, -0.05) is 0 Å². The molecule has 0 saturated carbocycles. The summed E-state index contributed by atoms with van der Waals surface area (Å²) in [5.41, 5.74) is 7.84. The zero-order valence-corrected chi connectivity index (χ0v) is 12.7. The second kappa shape index (κ2) is 5.65. The van der Waals surface area contributed by atoms with Gasteiger partial charge in [0.05, 0.1) is 6.61 Å². The van der Waals surface area contributed by atoms with Gasteiger partial charge >= 0.3 is 5.97 Å². The number of methoxy groups -OCH3 is 1. The summed E-state index contributed by atoms with van der Waals surface area (Å²) in [7, 11) is 1.64. The minimum atomic E-state index is -0.529. The van der Waals surface area contributed by atoms with Gasteiger partial charge in [0.15, 0.2) is 0 Å². The number of nitrogens with zero attached hydrogens (tertiary/aromatic N) is 1. The lowest BCUT2D eigenvalue weighted by atomic mass is 10.1. The number of nitrogens with two attached hydrogens (primary N) is 1. The Bertz CT molecular complexity index is 470. The van der Waals surface area contributed by atoms with Crippen molar-refractivity contribution >= 4 is 11.8 Å². The number of rotatable bonds is 4.